The Morgan fingerprint density at radius 2 is 1.70 bits per heavy atom. The van der Waals surface area contributed by atoms with E-state index >= 15 is 0 Å². The molecule has 0 radical (unpaired) electrons. The van der Waals surface area contributed by atoms with Crippen LogP contribution in [-0.4, -0.2) is 36.8 Å². The highest BCUT2D eigenvalue weighted by molar-refractivity contribution is 5.92. The van der Waals surface area contributed by atoms with Crippen molar-refractivity contribution in [3.8, 4) is 17.2 Å². The molecule has 7 nitrogen and oxygen atoms in total. The van der Waals surface area contributed by atoms with Gasteiger partial charge >= 0.3 is 6.09 Å². The van der Waals surface area contributed by atoms with E-state index in [9.17, 15) is 14.0 Å². The molecule has 0 atom stereocenters. The molecule has 0 saturated heterocycles. The number of halogens is 1. The summed E-state index contributed by atoms with van der Waals surface area (Å²) in [6.07, 6.45) is 0.793. The summed E-state index contributed by atoms with van der Waals surface area (Å²) in [6.45, 7) is 2.23. The summed E-state index contributed by atoms with van der Waals surface area (Å²) < 4.78 is 31.5. The number of amides is 1. The van der Waals surface area contributed by atoms with Gasteiger partial charge in [-0.25, -0.2) is 9.18 Å². The summed E-state index contributed by atoms with van der Waals surface area (Å²) >= 11 is 0. The SMILES string of the molecule is CCn1cc(OC(=O)N(C)Cc2ccccc2F)c2cc(OC)c(OC)cc2c1=O. The average molecular weight is 414 g/mol. The third-order valence-electron chi connectivity index (χ3n) is 4.77. The summed E-state index contributed by atoms with van der Waals surface area (Å²) in [4.78, 5) is 26.7. The second kappa shape index (κ2) is 8.86. The first-order valence-electron chi connectivity index (χ1n) is 9.35. The molecule has 0 aliphatic rings. The first-order chi connectivity index (χ1) is 14.4. The Morgan fingerprint density at radius 1 is 1.07 bits per heavy atom. The van der Waals surface area contributed by atoms with E-state index in [4.69, 9.17) is 14.2 Å². The Kier molecular flexibility index (Phi) is 6.25. The van der Waals surface area contributed by atoms with Crippen LogP contribution in [-0.2, 0) is 13.1 Å². The second-order valence-corrected chi connectivity index (χ2v) is 6.65. The minimum atomic E-state index is -0.685. The van der Waals surface area contributed by atoms with Gasteiger partial charge in [-0.1, -0.05) is 18.2 Å². The van der Waals surface area contributed by atoms with E-state index in [1.165, 1.54) is 43.0 Å². The van der Waals surface area contributed by atoms with Crippen LogP contribution in [0.4, 0.5) is 9.18 Å². The number of carbonyl (C=O) groups is 1. The van der Waals surface area contributed by atoms with Crippen molar-refractivity contribution in [3.63, 3.8) is 0 Å². The summed E-state index contributed by atoms with van der Waals surface area (Å²) in [5, 5.41) is 0.742. The lowest BCUT2D eigenvalue weighted by Gasteiger charge is -2.19. The Balaban J connectivity index is 2.00. The quantitative estimate of drug-likeness (QED) is 0.614. The van der Waals surface area contributed by atoms with E-state index in [2.05, 4.69) is 0 Å². The van der Waals surface area contributed by atoms with Crippen LogP contribution >= 0.6 is 0 Å². The van der Waals surface area contributed by atoms with Gasteiger partial charge in [0.05, 0.1) is 32.3 Å². The molecule has 3 aromatic rings. The highest BCUT2D eigenvalue weighted by atomic mass is 19.1. The number of nitrogens with zero attached hydrogens (tertiary/aromatic N) is 2. The Labute approximate surface area is 173 Å². The fourth-order valence-corrected chi connectivity index (χ4v) is 3.12. The maximum absolute atomic E-state index is 13.9. The molecule has 1 heterocycles. The zero-order chi connectivity index (χ0) is 21.8. The molecule has 8 heteroatoms. The Morgan fingerprint density at radius 3 is 2.30 bits per heavy atom. The maximum Gasteiger partial charge on any atom is 0.415 e. The van der Waals surface area contributed by atoms with Crippen LogP contribution in [0.3, 0.4) is 0 Å². The van der Waals surface area contributed by atoms with E-state index in [0.717, 1.165) is 0 Å². The molecule has 158 valence electrons. The van der Waals surface area contributed by atoms with E-state index in [-0.39, 0.29) is 17.9 Å². The molecule has 0 bridgehead atoms. The maximum atomic E-state index is 13.9. The number of hydrogen-bond donors (Lipinski definition) is 0. The highest BCUT2D eigenvalue weighted by Gasteiger charge is 2.19. The average Bonchev–Trinajstić information content (AvgIpc) is 2.76. The fraction of sp³-hybridized carbons (Fsp3) is 0.273. The second-order valence-electron chi connectivity index (χ2n) is 6.65. The predicted octanol–water partition coefficient (Wildman–Crippen LogP) is 3.81. The zero-order valence-electron chi connectivity index (χ0n) is 17.3. The molecule has 2 aromatic carbocycles. The third kappa shape index (κ3) is 4.07. The number of ether oxygens (including phenoxy) is 3. The lowest BCUT2D eigenvalue weighted by molar-refractivity contribution is 0.160. The molecule has 1 amide bonds. The molecule has 0 fully saturated rings. The normalized spacial score (nSPS) is 10.7. The van der Waals surface area contributed by atoms with Gasteiger partial charge in [-0.2, -0.15) is 0 Å². The Bertz CT molecular complexity index is 1140. The van der Waals surface area contributed by atoms with Crippen LogP contribution in [0.1, 0.15) is 12.5 Å². The van der Waals surface area contributed by atoms with Crippen molar-refractivity contribution >= 4 is 16.9 Å². The summed E-state index contributed by atoms with van der Waals surface area (Å²) in [7, 11) is 4.46. The smallest absolute Gasteiger partial charge is 0.415 e. The molecule has 3 rings (SSSR count). The summed E-state index contributed by atoms with van der Waals surface area (Å²) in [5.41, 5.74) is 0.125. The number of rotatable bonds is 6. The number of aryl methyl sites for hydroxylation is 1. The number of carbonyl (C=O) groups excluding carboxylic acids is 1. The first kappa shape index (κ1) is 21.2. The molecule has 0 unspecified atom stereocenters. The van der Waals surface area contributed by atoms with Crippen molar-refractivity contribution in [1.29, 1.82) is 0 Å². The van der Waals surface area contributed by atoms with Crippen molar-refractivity contribution in [2.45, 2.75) is 20.0 Å². The molecule has 0 aliphatic heterocycles. The largest absolute Gasteiger partial charge is 0.493 e. The van der Waals surface area contributed by atoms with Gasteiger partial charge in [-0.15, -0.1) is 0 Å². The van der Waals surface area contributed by atoms with Gasteiger partial charge in [0, 0.05) is 24.5 Å². The molecule has 30 heavy (non-hydrogen) atoms. The topological polar surface area (TPSA) is 70.0 Å². The third-order valence-corrected chi connectivity index (χ3v) is 4.77. The van der Waals surface area contributed by atoms with Crippen molar-refractivity contribution in [3.05, 3.63) is 64.3 Å². The molecular weight excluding hydrogens is 391 g/mol. The monoisotopic (exact) mass is 414 g/mol. The highest BCUT2D eigenvalue weighted by Crippen LogP contribution is 2.35. The molecule has 0 N–H and O–H groups in total. The van der Waals surface area contributed by atoms with Crippen LogP contribution in [0, 0.1) is 5.82 Å². The van der Waals surface area contributed by atoms with Crippen LogP contribution in [0.15, 0.2) is 47.4 Å². The van der Waals surface area contributed by atoms with Gasteiger partial charge in [0.1, 0.15) is 5.82 Å². The van der Waals surface area contributed by atoms with E-state index in [1.54, 1.807) is 30.3 Å². The van der Waals surface area contributed by atoms with Crippen LogP contribution in [0.2, 0.25) is 0 Å². The minimum Gasteiger partial charge on any atom is -0.493 e. The number of aromatic nitrogens is 1. The number of hydrogen-bond acceptors (Lipinski definition) is 5. The van der Waals surface area contributed by atoms with Gasteiger partial charge in [-0.05, 0) is 25.1 Å². The first-order valence-corrected chi connectivity index (χ1v) is 9.35. The minimum absolute atomic E-state index is 0.0357. The zero-order valence-corrected chi connectivity index (χ0v) is 17.3. The van der Waals surface area contributed by atoms with Gasteiger partial charge in [0.2, 0.25) is 0 Å². The van der Waals surface area contributed by atoms with Crippen molar-refractivity contribution < 1.29 is 23.4 Å². The van der Waals surface area contributed by atoms with E-state index in [0.29, 0.717) is 34.4 Å². The summed E-state index contributed by atoms with van der Waals surface area (Å²) in [5.74, 6) is 0.581. The van der Waals surface area contributed by atoms with Crippen molar-refractivity contribution in [2.24, 2.45) is 0 Å². The van der Waals surface area contributed by atoms with Gasteiger partial charge in [-0.3, -0.25) is 4.79 Å². The fourth-order valence-electron chi connectivity index (χ4n) is 3.12. The Hall–Kier alpha value is -3.55. The van der Waals surface area contributed by atoms with Gasteiger partial charge < -0.3 is 23.7 Å². The lowest BCUT2D eigenvalue weighted by atomic mass is 10.1. The lowest BCUT2D eigenvalue weighted by Crippen LogP contribution is -2.30. The van der Waals surface area contributed by atoms with E-state index < -0.39 is 11.9 Å². The van der Waals surface area contributed by atoms with Gasteiger partial charge in [0.15, 0.2) is 17.2 Å². The van der Waals surface area contributed by atoms with Gasteiger partial charge in [0.25, 0.3) is 5.56 Å². The van der Waals surface area contributed by atoms with Crippen LogP contribution in [0.25, 0.3) is 10.8 Å². The van der Waals surface area contributed by atoms with Crippen LogP contribution < -0.4 is 19.8 Å². The standard InChI is InChI=1S/C22H23FN2O5/c1-5-25-13-20(15-10-18(28-3)19(29-4)11-16(15)21(25)26)30-22(27)24(2)12-14-8-6-7-9-17(14)23/h6-11,13H,5,12H2,1-4H3. The molecule has 0 saturated carbocycles. The van der Waals surface area contributed by atoms with Crippen molar-refractivity contribution in [1.82, 2.24) is 9.47 Å². The number of methoxy groups -OCH3 is 2. The number of benzene rings is 2. The van der Waals surface area contributed by atoms with Crippen LogP contribution in [0.5, 0.6) is 17.2 Å². The van der Waals surface area contributed by atoms with Crippen molar-refractivity contribution in [2.75, 3.05) is 21.3 Å². The molecule has 1 aromatic heterocycles. The molecular formula is C22H23FN2O5. The predicted molar refractivity (Wildman–Crippen MR) is 111 cm³/mol. The number of pyridine rings is 1. The van der Waals surface area contributed by atoms with E-state index in [1.807, 2.05) is 6.92 Å². The summed E-state index contributed by atoms with van der Waals surface area (Å²) in [6, 6.07) is 9.36. The molecule has 0 aliphatic carbocycles. The molecule has 0 spiro atoms. The number of fused-ring (bicyclic) bond motifs is 1.